The molecule has 0 radical (unpaired) electrons. The van der Waals surface area contributed by atoms with Gasteiger partial charge in [-0.1, -0.05) is 6.92 Å². The van der Waals surface area contributed by atoms with Gasteiger partial charge in [-0.05, 0) is 24.6 Å². The summed E-state index contributed by atoms with van der Waals surface area (Å²) in [5, 5.41) is 12.9. The van der Waals surface area contributed by atoms with Gasteiger partial charge in [0.05, 0.1) is 43.0 Å². The number of hydrogen-bond donors (Lipinski definition) is 1. The molecule has 0 aliphatic carbocycles. The molecule has 2 bridgehead atoms. The van der Waals surface area contributed by atoms with Gasteiger partial charge in [-0.3, -0.25) is 19.6 Å². The van der Waals surface area contributed by atoms with Gasteiger partial charge in [0.2, 0.25) is 5.88 Å². The molecule has 0 spiro atoms. The summed E-state index contributed by atoms with van der Waals surface area (Å²) < 4.78 is 13.1. The minimum absolute atomic E-state index is 0.170. The Bertz CT molecular complexity index is 1420. The van der Waals surface area contributed by atoms with Gasteiger partial charge in [0, 0.05) is 42.4 Å². The van der Waals surface area contributed by atoms with E-state index in [1.54, 1.807) is 42.2 Å². The Morgan fingerprint density at radius 2 is 2.03 bits per heavy atom. The summed E-state index contributed by atoms with van der Waals surface area (Å²) >= 11 is 0. The SMILES string of the molecule is CCc1c2c(nn1C)C(=O)N(C)CCOc1cnc(OC)cc1-c1cc3c(n[nH]c3cn1)/C=C/2. The highest BCUT2D eigenvalue weighted by Crippen LogP contribution is 2.33. The Morgan fingerprint density at radius 3 is 2.82 bits per heavy atom. The van der Waals surface area contributed by atoms with Crippen LogP contribution >= 0.6 is 0 Å². The Labute approximate surface area is 196 Å². The number of carbonyl (C=O) groups is 1. The fourth-order valence-corrected chi connectivity index (χ4v) is 4.13. The molecule has 0 saturated heterocycles. The lowest BCUT2D eigenvalue weighted by molar-refractivity contribution is 0.0767. The quantitative estimate of drug-likeness (QED) is 0.491. The number of likely N-dealkylation sites (N-methyl/N-ethyl adjacent to an activating group) is 1. The molecule has 10 heteroatoms. The van der Waals surface area contributed by atoms with Crippen molar-refractivity contribution >= 4 is 29.0 Å². The molecule has 10 nitrogen and oxygen atoms in total. The molecule has 34 heavy (non-hydrogen) atoms. The summed E-state index contributed by atoms with van der Waals surface area (Å²) in [4.78, 5) is 23.8. The van der Waals surface area contributed by atoms with Crippen LogP contribution in [0.4, 0.5) is 0 Å². The number of aromatic nitrogens is 6. The highest BCUT2D eigenvalue weighted by Gasteiger charge is 2.23. The van der Waals surface area contributed by atoms with Gasteiger partial charge in [0.15, 0.2) is 5.69 Å². The molecule has 1 N–H and O–H groups in total. The van der Waals surface area contributed by atoms with Gasteiger partial charge in [0.1, 0.15) is 12.4 Å². The second-order valence-corrected chi connectivity index (χ2v) is 8.04. The summed E-state index contributed by atoms with van der Waals surface area (Å²) in [6, 6.07) is 3.75. The van der Waals surface area contributed by atoms with Gasteiger partial charge in [0.25, 0.3) is 5.91 Å². The van der Waals surface area contributed by atoms with Crippen LogP contribution in [0.5, 0.6) is 11.6 Å². The third kappa shape index (κ3) is 3.66. The molecular formula is C24H25N7O3. The van der Waals surface area contributed by atoms with E-state index in [2.05, 4.69) is 25.3 Å². The number of rotatable bonds is 2. The molecule has 5 heterocycles. The van der Waals surface area contributed by atoms with Gasteiger partial charge < -0.3 is 14.4 Å². The Kier molecular flexibility index (Phi) is 5.48. The summed E-state index contributed by atoms with van der Waals surface area (Å²) in [5.41, 5.74) is 5.15. The largest absolute Gasteiger partial charge is 0.489 e. The second-order valence-electron chi connectivity index (χ2n) is 8.04. The zero-order valence-corrected chi connectivity index (χ0v) is 19.5. The van der Waals surface area contributed by atoms with Crippen molar-refractivity contribution in [2.24, 2.45) is 7.05 Å². The van der Waals surface area contributed by atoms with Crippen molar-refractivity contribution < 1.29 is 14.3 Å². The Morgan fingerprint density at radius 1 is 1.18 bits per heavy atom. The molecule has 0 unspecified atom stereocenters. The predicted octanol–water partition coefficient (Wildman–Crippen LogP) is 2.96. The molecule has 1 aliphatic rings. The first-order valence-corrected chi connectivity index (χ1v) is 11.0. The topological polar surface area (TPSA) is 111 Å². The maximum Gasteiger partial charge on any atom is 0.274 e. The number of H-pyrrole nitrogens is 1. The number of aromatic amines is 1. The van der Waals surface area contributed by atoms with E-state index in [4.69, 9.17) is 9.47 Å². The number of ether oxygens (including phenoxy) is 2. The lowest BCUT2D eigenvalue weighted by Crippen LogP contribution is -2.31. The monoisotopic (exact) mass is 459 g/mol. The minimum Gasteiger partial charge on any atom is -0.489 e. The van der Waals surface area contributed by atoms with Crippen LogP contribution in [0, 0.1) is 0 Å². The summed E-state index contributed by atoms with van der Waals surface area (Å²) in [7, 11) is 5.16. The average Bonchev–Trinajstić information content (AvgIpc) is 3.40. The van der Waals surface area contributed by atoms with Crippen molar-refractivity contribution in [2.45, 2.75) is 13.3 Å². The van der Waals surface area contributed by atoms with E-state index in [1.165, 1.54) is 0 Å². The Hall–Kier alpha value is -4.21. The molecule has 4 aromatic heterocycles. The molecule has 1 aliphatic heterocycles. The van der Waals surface area contributed by atoms with Gasteiger partial charge >= 0.3 is 0 Å². The molecular weight excluding hydrogens is 434 g/mol. The molecule has 4 aromatic rings. The van der Waals surface area contributed by atoms with Crippen LogP contribution in [0.3, 0.4) is 0 Å². The average molecular weight is 460 g/mol. The minimum atomic E-state index is -0.170. The first kappa shape index (κ1) is 21.6. The summed E-state index contributed by atoms with van der Waals surface area (Å²) in [5.74, 6) is 0.836. The lowest BCUT2D eigenvalue weighted by Gasteiger charge is -2.18. The van der Waals surface area contributed by atoms with E-state index in [9.17, 15) is 4.79 Å². The zero-order chi connectivity index (χ0) is 23.8. The van der Waals surface area contributed by atoms with E-state index in [0.29, 0.717) is 29.6 Å². The van der Waals surface area contributed by atoms with E-state index in [-0.39, 0.29) is 12.5 Å². The number of aryl methyl sites for hydroxylation is 1. The molecule has 0 atom stereocenters. The number of nitrogens with zero attached hydrogens (tertiary/aromatic N) is 6. The normalized spacial score (nSPS) is 14.8. The fraction of sp³-hybridized carbons (Fsp3) is 0.292. The first-order chi connectivity index (χ1) is 16.5. The van der Waals surface area contributed by atoms with E-state index in [0.717, 1.165) is 39.8 Å². The maximum absolute atomic E-state index is 13.3. The van der Waals surface area contributed by atoms with E-state index < -0.39 is 0 Å². The fourth-order valence-electron chi connectivity index (χ4n) is 4.13. The molecule has 174 valence electrons. The highest BCUT2D eigenvalue weighted by atomic mass is 16.5. The molecule has 0 saturated carbocycles. The molecule has 0 fully saturated rings. The van der Waals surface area contributed by atoms with Crippen LogP contribution < -0.4 is 9.47 Å². The van der Waals surface area contributed by atoms with Crippen molar-refractivity contribution in [3.05, 3.63) is 47.2 Å². The summed E-state index contributed by atoms with van der Waals surface area (Å²) in [6.45, 7) is 2.70. The smallest absolute Gasteiger partial charge is 0.274 e. The first-order valence-electron chi connectivity index (χ1n) is 11.0. The number of hydrogen-bond acceptors (Lipinski definition) is 7. The van der Waals surface area contributed by atoms with Crippen LogP contribution in [-0.2, 0) is 13.5 Å². The second kappa shape index (κ2) is 8.62. The highest BCUT2D eigenvalue weighted by molar-refractivity contribution is 5.98. The predicted molar refractivity (Wildman–Crippen MR) is 128 cm³/mol. The number of nitrogens with one attached hydrogen (secondary N) is 1. The number of pyridine rings is 2. The van der Waals surface area contributed by atoms with Crippen LogP contribution in [0.2, 0.25) is 0 Å². The zero-order valence-electron chi connectivity index (χ0n) is 19.5. The van der Waals surface area contributed by atoms with E-state index in [1.807, 2.05) is 32.2 Å². The Balaban J connectivity index is 1.71. The van der Waals surface area contributed by atoms with Crippen molar-refractivity contribution in [3.63, 3.8) is 0 Å². The standard InChI is InChI=1S/C24H25N7O3/c1-5-20-14-6-7-17-15-10-18(25-12-19(15)28-27-17)16-11-22(33-4)26-13-21(16)34-9-8-30(2)24(32)23(14)29-31(20)3/h6-7,10-13H,5,8-9H2,1-4H3,(H,27,28)/b7-6+. The van der Waals surface area contributed by atoms with Crippen LogP contribution in [0.1, 0.15) is 34.4 Å². The number of carbonyl (C=O) groups excluding carboxylic acids is 1. The van der Waals surface area contributed by atoms with Crippen molar-refractivity contribution in [1.29, 1.82) is 0 Å². The maximum atomic E-state index is 13.3. The van der Waals surface area contributed by atoms with Crippen LogP contribution in [-0.4, -0.2) is 68.1 Å². The number of fused-ring (bicyclic) bond motifs is 4. The van der Waals surface area contributed by atoms with Gasteiger partial charge in [-0.15, -0.1) is 0 Å². The van der Waals surface area contributed by atoms with Gasteiger partial charge in [-0.2, -0.15) is 10.2 Å². The molecule has 0 aromatic carbocycles. The van der Waals surface area contributed by atoms with Crippen molar-refractivity contribution in [3.8, 4) is 22.9 Å². The van der Waals surface area contributed by atoms with Crippen molar-refractivity contribution in [1.82, 2.24) is 34.8 Å². The number of methoxy groups -OCH3 is 1. The van der Waals surface area contributed by atoms with E-state index >= 15 is 0 Å². The van der Waals surface area contributed by atoms with Gasteiger partial charge in [-0.25, -0.2) is 4.98 Å². The lowest BCUT2D eigenvalue weighted by atomic mass is 10.1. The van der Waals surface area contributed by atoms with Crippen LogP contribution in [0.25, 0.3) is 34.3 Å². The van der Waals surface area contributed by atoms with Crippen molar-refractivity contribution in [2.75, 3.05) is 27.3 Å². The molecule has 1 amide bonds. The summed E-state index contributed by atoms with van der Waals surface area (Å²) in [6.07, 6.45) is 7.91. The molecule has 5 rings (SSSR count). The van der Waals surface area contributed by atoms with Crippen LogP contribution in [0.15, 0.2) is 24.5 Å². The third-order valence-electron chi connectivity index (χ3n) is 5.99. The third-order valence-corrected chi connectivity index (χ3v) is 5.99. The number of amides is 1.